The van der Waals surface area contributed by atoms with Crippen LogP contribution in [0.25, 0.3) is 11.8 Å². The minimum absolute atomic E-state index is 0.0534. The van der Waals surface area contributed by atoms with Gasteiger partial charge in [-0.3, -0.25) is 9.69 Å². The van der Waals surface area contributed by atoms with Crippen LogP contribution < -0.4 is 0 Å². The van der Waals surface area contributed by atoms with Gasteiger partial charge in [-0.1, -0.05) is 48.5 Å². The van der Waals surface area contributed by atoms with E-state index in [1.165, 1.54) is 0 Å². The van der Waals surface area contributed by atoms with E-state index in [-0.39, 0.29) is 5.91 Å². The first-order chi connectivity index (χ1) is 13.8. The Hall–Kier alpha value is -3.32. The first-order valence-corrected chi connectivity index (χ1v) is 9.37. The van der Waals surface area contributed by atoms with Crippen LogP contribution in [0.4, 0.5) is 0 Å². The number of rotatable bonds is 5. The number of benzene rings is 2. The quantitative estimate of drug-likeness (QED) is 0.639. The molecule has 0 N–H and O–H groups in total. The maximum absolute atomic E-state index is 12.4. The number of amides is 1. The third-order valence-electron chi connectivity index (χ3n) is 4.80. The Balaban J connectivity index is 1.32. The van der Waals surface area contributed by atoms with Gasteiger partial charge < -0.3 is 4.90 Å². The summed E-state index contributed by atoms with van der Waals surface area (Å²) in [6.07, 6.45) is 3.52. The van der Waals surface area contributed by atoms with Crippen LogP contribution in [0, 0.1) is 0 Å². The van der Waals surface area contributed by atoms with Crippen molar-refractivity contribution in [3.05, 3.63) is 78.1 Å². The van der Waals surface area contributed by atoms with E-state index in [4.69, 9.17) is 0 Å². The summed E-state index contributed by atoms with van der Waals surface area (Å²) in [6, 6.07) is 19.7. The van der Waals surface area contributed by atoms with Crippen LogP contribution in [0.15, 0.2) is 66.7 Å². The summed E-state index contributed by atoms with van der Waals surface area (Å²) in [7, 11) is 0. The van der Waals surface area contributed by atoms with Crippen molar-refractivity contribution < 1.29 is 4.79 Å². The molecule has 1 saturated heterocycles. The van der Waals surface area contributed by atoms with Crippen LogP contribution in [0.3, 0.4) is 0 Å². The summed E-state index contributed by atoms with van der Waals surface area (Å²) in [5.74, 6) is 0.854. The van der Waals surface area contributed by atoms with Crippen molar-refractivity contribution in [2.75, 3.05) is 26.2 Å². The highest BCUT2D eigenvalue weighted by Crippen LogP contribution is 2.11. The van der Waals surface area contributed by atoms with Gasteiger partial charge in [0.25, 0.3) is 0 Å². The monoisotopic (exact) mass is 374 g/mol. The van der Waals surface area contributed by atoms with Gasteiger partial charge in [0.05, 0.1) is 12.2 Å². The molecular weight excluding hydrogens is 352 g/mol. The summed E-state index contributed by atoms with van der Waals surface area (Å²) < 4.78 is 1.76. The van der Waals surface area contributed by atoms with E-state index >= 15 is 0 Å². The maximum Gasteiger partial charge on any atom is 0.246 e. The molecule has 2 heterocycles. The van der Waals surface area contributed by atoms with Crippen molar-refractivity contribution in [2.45, 2.75) is 6.54 Å². The van der Waals surface area contributed by atoms with Crippen molar-refractivity contribution >= 4 is 12.0 Å². The lowest BCUT2D eigenvalue weighted by Gasteiger charge is -2.33. The molecule has 1 fully saturated rings. The third kappa shape index (κ3) is 4.32. The second kappa shape index (κ2) is 8.58. The van der Waals surface area contributed by atoms with Crippen molar-refractivity contribution in [3.63, 3.8) is 0 Å². The van der Waals surface area contributed by atoms with Crippen LogP contribution in [0.2, 0.25) is 0 Å². The zero-order valence-electron chi connectivity index (χ0n) is 15.6. The molecule has 1 amide bonds. The van der Waals surface area contributed by atoms with E-state index in [1.807, 2.05) is 71.6 Å². The highest BCUT2D eigenvalue weighted by atomic mass is 16.2. The molecule has 1 aliphatic heterocycles. The molecule has 0 atom stereocenters. The molecule has 142 valence electrons. The van der Waals surface area contributed by atoms with Gasteiger partial charge in [-0.05, 0) is 34.2 Å². The Morgan fingerprint density at radius 3 is 2.32 bits per heavy atom. The van der Waals surface area contributed by atoms with Crippen molar-refractivity contribution in [3.8, 4) is 5.69 Å². The third-order valence-corrected chi connectivity index (χ3v) is 4.80. The van der Waals surface area contributed by atoms with Crippen LogP contribution in [0.5, 0.6) is 0 Å². The molecule has 0 radical (unpaired) electrons. The van der Waals surface area contributed by atoms with E-state index in [9.17, 15) is 4.79 Å². The van der Waals surface area contributed by atoms with Crippen molar-refractivity contribution in [1.29, 1.82) is 0 Å². The molecule has 0 aliphatic carbocycles. The molecule has 7 nitrogen and oxygen atoms in total. The van der Waals surface area contributed by atoms with Crippen LogP contribution >= 0.6 is 0 Å². The Bertz CT molecular complexity index is 930. The number of aromatic nitrogens is 4. The van der Waals surface area contributed by atoms with Gasteiger partial charge in [-0.15, -0.1) is 5.10 Å². The van der Waals surface area contributed by atoms with E-state index in [0.717, 1.165) is 30.2 Å². The van der Waals surface area contributed by atoms with Crippen LogP contribution in [-0.4, -0.2) is 62.1 Å². The summed E-state index contributed by atoms with van der Waals surface area (Å²) in [5.41, 5.74) is 1.98. The standard InChI is InChI=1S/C21H22N6O/c28-21(12-11-18-7-3-1-4-8-18)26-15-13-25(14-16-26)17-20-22-23-24-27(20)19-9-5-2-6-10-19/h1-12H,13-17H2/b12-11+. The first kappa shape index (κ1) is 18.1. The predicted molar refractivity (Wildman–Crippen MR) is 106 cm³/mol. The molecule has 0 bridgehead atoms. The number of hydrogen-bond acceptors (Lipinski definition) is 5. The summed E-state index contributed by atoms with van der Waals surface area (Å²) in [6.45, 7) is 3.65. The fourth-order valence-electron chi connectivity index (χ4n) is 3.24. The molecule has 28 heavy (non-hydrogen) atoms. The zero-order valence-corrected chi connectivity index (χ0v) is 15.6. The Morgan fingerprint density at radius 2 is 1.61 bits per heavy atom. The zero-order chi connectivity index (χ0) is 19.2. The Kier molecular flexibility index (Phi) is 5.53. The average molecular weight is 374 g/mol. The van der Waals surface area contributed by atoms with Gasteiger partial charge >= 0.3 is 0 Å². The van der Waals surface area contributed by atoms with Gasteiger partial charge in [0.2, 0.25) is 5.91 Å². The summed E-state index contributed by atoms with van der Waals surface area (Å²) in [4.78, 5) is 16.6. The molecule has 7 heteroatoms. The smallest absolute Gasteiger partial charge is 0.246 e. The minimum atomic E-state index is 0.0534. The Labute approximate surface area is 163 Å². The number of para-hydroxylation sites is 1. The van der Waals surface area contributed by atoms with Gasteiger partial charge in [0, 0.05) is 32.3 Å². The van der Waals surface area contributed by atoms with E-state index in [0.29, 0.717) is 19.6 Å². The summed E-state index contributed by atoms with van der Waals surface area (Å²) >= 11 is 0. The molecule has 1 aromatic heterocycles. The maximum atomic E-state index is 12.4. The van der Waals surface area contributed by atoms with E-state index in [1.54, 1.807) is 10.8 Å². The molecule has 3 aromatic rings. The second-order valence-electron chi connectivity index (χ2n) is 6.69. The SMILES string of the molecule is O=C(/C=C/c1ccccc1)N1CCN(Cc2nnnn2-c2ccccc2)CC1. The number of carbonyl (C=O) groups excluding carboxylic acids is 1. The predicted octanol–water partition coefficient (Wildman–Crippen LogP) is 2.02. The summed E-state index contributed by atoms with van der Waals surface area (Å²) in [5, 5.41) is 12.1. The molecule has 4 rings (SSSR count). The highest BCUT2D eigenvalue weighted by molar-refractivity contribution is 5.91. The molecule has 1 aliphatic rings. The minimum Gasteiger partial charge on any atom is -0.337 e. The fraction of sp³-hybridized carbons (Fsp3) is 0.238. The van der Waals surface area contributed by atoms with Crippen LogP contribution in [-0.2, 0) is 11.3 Å². The first-order valence-electron chi connectivity index (χ1n) is 9.37. The lowest BCUT2D eigenvalue weighted by atomic mass is 10.2. The van der Waals surface area contributed by atoms with Gasteiger partial charge in [-0.25, -0.2) is 0 Å². The number of piperazine rings is 1. The molecule has 2 aromatic carbocycles. The van der Waals surface area contributed by atoms with Crippen LogP contribution in [0.1, 0.15) is 11.4 Å². The van der Waals surface area contributed by atoms with Gasteiger partial charge in [0.1, 0.15) is 0 Å². The highest BCUT2D eigenvalue weighted by Gasteiger charge is 2.21. The number of nitrogens with zero attached hydrogens (tertiary/aromatic N) is 6. The number of carbonyl (C=O) groups is 1. The van der Waals surface area contributed by atoms with Gasteiger partial charge in [0.15, 0.2) is 5.82 Å². The molecule has 0 saturated carbocycles. The Morgan fingerprint density at radius 1 is 0.929 bits per heavy atom. The molecule has 0 unspecified atom stereocenters. The largest absolute Gasteiger partial charge is 0.337 e. The van der Waals surface area contributed by atoms with Gasteiger partial charge in [-0.2, -0.15) is 4.68 Å². The van der Waals surface area contributed by atoms with E-state index < -0.39 is 0 Å². The average Bonchev–Trinajstić information content (AvgIpc) is 3.22. The van der Waals surface area contributed by atoms with Crippen molar-refractivity contribution in [2.24, 2.45) is 0 Å². The lowest BCUT2D eigenvalue weighted by molar-refractivity contribution is -0.127. The van der Waals surface area contributed by atoms with E-state index in [2.05, 4.69) is 20.4 Å². The number of hydrogen-bond donors (Lipinski definition) is 0. The number of tetrazole rings is 1. The molecular formula is C21H22N6O. The second-order valence-corrected chi connectivity index (χ2v) is 6.69. The lowest BCUT2D eigenvalue weighted by Crippen LogP contribution is -2.48. The topological polar surface area (TPSA) is 67.2 Å². The fourth-order valence-corrected chi connectivity index (χ4v) is 3.24. The molecule has 0 spiro atoms. The van der Waals surface area contributed by atoms with Crippen molar-refractivity contribution in [1.82, 2.24) is 30.0 Å². The normalized spacial score (nSPS) is 15.2.